The maximum atomic E-state index is 6.62. The molecule has 0 bridgehead atoms. The molecule has 0 unspecified atom stereocenters. The summed E-state index contributed by atoms with van der Waals surface area (Å²) in [7, 11) is 1.91. The standard InChI is InChI=1S/C18H20ClN5O/c1-22-9-14(7-20-22)24-18-5-16(17(19)4-13(18)6-21-24)12-2-3-23(8-12)15-10-25-11-15/h4-7,9,12,15H,2-3,8,10-11H2,1H3/t12-/m1/s1. The Kier molecular flexibility index (Phi) is 3.58. The van der Waals surface area contributed by atoms with Crippen LogP contribution in [-0.4, -0.2) is 56.8 Å². The monoisotopic (exact) mass is 357 g/mol. The fourth-order valence-electron chi connectivity index (χ4n) is 3.91. The number of benzene rings is 1. The van der Waals surface area contributed by atoms with Crippen LogP contribution < -0.4 is 0 Å². The lowest BCUT2D eigenvalue weighted by molar-refractivity contribution is -0.0573. The maximum Gasteiger partial charge on any atom is 0.103 e. The van der Waals surface area contributed by atoms with Crippen LogP contribution in [0.1, 0.15) is 17.9 Å². The van der Waals surface area contributed by atoms with E-state index in [1.54, 1.807) is 4.68 Å². The smallest absolute Gasteiger partial charge is 0.103 e. The first kappa shape index (κ1) is 15.4. The molecule has 4 heterocycles. The van der Waals surface area contributed by atoms with Crippen molar-refractivity contribution >= 4 is 22.5 Å². The summed E-state index contributed by atoms with van der Waals surface area (Å²) in [4.78, 5) is 2.53. The number of hydrogen-bond donors (Lipinski definition) is 0. The lowest BCUT2D eigenvalue weighted by Gasteiger charge is -2.34. The van der Waals surface area contributed by atoms with Crippen LogP contribution in [0, 0.1) is 0 Å². The summed E-state index contributed by atoms with van der Waals surface area (Å²) in [6, 6.07) is 4.85. The lowest BCUT2D eigenvalue weighted by Crippen LogP contribution is -2.47. The molecule has 2 aliphatic heterocycles. The van der Waals surface area contributed by atoms with Crippen LogP contribution in [0.4, 0.5) is 0 Å². The summed E-state index contributed by atoms with van der Waals surface area (Å²) in [6.45, 7) is 3.91. The highest BCUT2D eigenvalue weighted by Gasteiger charge is 2.33. The molecule has 0 aliphatic carbocycles. The molecule has 0 saturated carbocycles. The van der Waals surface area contributed by atoms with Crippen molar-refractivity contribution in [3.05, 3.63) is 41.3 Å². The number of rotatable bonds is 3. The Balaban J connectivity index is 1.51. The largest absolute Gasteiger partial charge is 0.378 e. The predicted molar refractivity (Wildman–Crippen MR) is 96.4 cm³/mol. The van der Waals surface area contributed by atoms with Gasteiger partial charge in [-0.1, -0.05) is 11.6 Å². The Morgan fingerprint density at radius 1 is 1.20 bits per heavy atom. The van der Waals surface area contributed by atoms with Gasteiger partial charge in [-0.15, -0.1) is 0 Å². The molecule has 5 rings (SSSR count). The third-order valence-corrected chi connectivity index (χ3v) is 5.75. The van der Waals surface area contributed by atoms with E-state index < -0.39 is 0 Å². The van der Waals surface area contributed by atoms with E-state index in [0.717, 1.165) is 54.3 Å². The van der Waals surface area contributed by atoms with Crippen molar-refractivity contribution in [2.24, 2.45) is 7.05 Å². The highest BCUT2D eigenvalue weighted by Crippen LogP contribution is 2.36. The number of ether oxygens (including phenoxy) is 1. The first-order valence-electron chi connectivity index (χ1n) is 8.67. The summed E-state index contributed by atoms with van der Waals surface area (Å²) < 4.78 is 9.06. The fourth-order valence-corrected chi connectivity index (χ4v) is 4.23. The van der Waals surface area contributed by atoms with Crippen molar-refractivity contribution in [2.75, 3.05) is 26.3 Å². The zero-order chi connectivity index (χ0) is 17.0. The van der Waals surface area contributed by atoms with Crippen molar-refractivity contribution in [1.82, 2.24) is 24.5 Å². The van der Waals surface area contributed by atoms with Crippen molar-refractivity contribution in [2.45, 2.75) is 18.4 Å². The van der Waals surface area contributed by atoms with Crippen LogP contribution in [-0.2, 0) is 11.8 Å². The minimum atomic E-state index is 0.467. The van der Waals surface area contributed by atoms with Crippen molar-refractivity contribution in [3.8, 4) is 5.69 Å². The molecule has 2 aromatic heterocycles. The van der Waals surface area contributed by atoms with Crippen LogP contribution in [0.25, 0.3) is 16.6 Å². The van der Waals surface area contributed by atoms with E-state index in [-0.39, 0.29) is 0 Å². The van der Waals surface area contributed by atoms with Crippen LogP contribution in [0.15, 0.2) is 30.7 Å². The van der Waals surface area contributed by atoms with Gasteiger partial charge in [0.15, 0.2) is 0 Å². The normalized spacial score (nSPS) is 21.9. The van der Waals surface area contributed by atoms with Gasteiger partial charge in [-0.25, -0.2) is 4.68 Å². The first-order chi connectivity index (χ1) is 12.2. The third-order valence-electron chi connectivity index (χ3n) is 5.42. The molecule has 7 heteroatoms. The first-order valence-corrected chi connectivity index (χ1v) is 9.05. The summed E-state index contributed by atoms with van der Waals surface area (Å²) in [5.41, 5.74) is 3.27. The minimum absolute atomic E-state index is 0.467. The highest BCUT2D eigenvalue weighted by atomic mass is 35.5. The molecule has 0 N–H and O–H groups in total. The molecule has 0 spiro atoms. The van der Waals surface area contributed by atoms with Crippen molar-refractivity contribution in [1.29, 1.82) is 0 Å². The van der Waals surface area contributed by atoms with E-state index in [2.05, 4.69) is 21.2 Å². The minimum Gasteiger partial charge on any atom is -0.378 e. The molecule has 130 valence electrons. The lowest BCUT2D eigenvalue weighted by atomic mass is 9.97. The average Bonchev–Trinajstić information content (AvgIpc) is 3.24. The summed E-state index contributed by atoms with van der Waals surface area (Å²) in [5, 5.41) is 10.7. The van der Waals surface area contributed by atoms with Gasteiger partial charge in [0.05, 0.1) is 43.4 Å². The molecule has 1 atom stereocenters. The second kappa shape index (κ2) is 5.83. The van der Waals surface area contributed by atoms with Gasteiger partial charge in [0, 0.05) is 24.0 Å². The van der Waals surface area contributed by atoms with Crippen LogP contribution in [0.5, 0.6) is 0 Å². The van der Waals surface area contributed by atoms with Gasteiger partial charge >= 0.3 is 0 Å². The van der Waals surface area contributed by atoms with Crippen LogP contribution in [0.3, 0.4) is 0 Å². The van der Waals surface area contributed by atoms with Gasteiger partial charge in [0.2, 0.25) is 0 Å². The zero-order valence-electron chi connectivity index (χ0n) is 14.1. The van der Waals surface area contributed by atoms with Gasteiger partial charge < -0.3 is 4.74 Å². The van der Waals surface area contributed by atoms with E-state index in [1.807, 2.05) is 36.4 Å². The van der Waals surface area contributed by atoms with Gasteiger partial charge in [0.1, 0.15) is 5.69 Å². The van der Waals surface area contributed by atoms with Crippen LogP contribution in [0.2, 0.25) is 5.02 Å². The Morgan fingerprint density at radius 3 is 2.80 bits per heavy atom. The zero-order valence-corrected chi connectivity index (χ0v) is 14.9. The number of hydrogen-bond acceptors (Lipinski definition) is 4. The van der Waals surface area contributed by atoms with Gasteiger partial charge in [-0.3, -0.25) is 9.58 Å². The number of likely N-dealkylation sites (tertiary alicyclic amines) is 1. The molecular weight excluding hydrogens is 338 g/mol. The van der Waals surface area contributed by atoms with E-state index in [0.29, 0.717) is 12.0 Å². The summed E-state index contributed by atoms with van der Waals surface area (Å²) >= 11 is 6.62. The van der Waals surface area contributed by atoms with Crippen molar-refractivity contribution in [3.63, 3.8) is 0 Å². The molecule has 0 radical (unpaired) electrons. The number of nitrogens with zero attached hydrogens (tertiary/aromatic N) is 5. The van der Waals surface area contributed by atoms with E-state index in [1.165, 1.54) is 5.56 Å². The Morgan fingerprint density at radius 2 is 2.08 bits per heavy atom. The predicted octanol–water partition coefficient (Wildman–Crippen LogP) is 2.60. The number of aromatic nitrogens is 4. The van der Waals surface area contributed by atoms with Crippen molar-refractivity contribution < 1.29 is 4.74 Å². The van der Waals surface area contributed by atoms with Gasteiger partial charge in [0.25, 0.3) is 0 Å². The number of fused-ring (bicyclic) bond motifs is 1. The Hall–Kier alpha value is -1.89. The van der Waals surface area contributed by atoms with E-state index in [9.17, 15) is 0 Å². The Bertz CT molecular complexity index is 929. The summed E-state index contributed by atoms with van der Waals surface area (Å²) in [6.07, 6.45) is 6.80. The highest BCUT2D eigenvalue weighted by molar-refractivity contribution is 6.32. The Labute approximate surface area is 150 Å². The molecule has 25 heavy (non-hydrogen) atoms. The van der Waals surface area contributed by atoms with E-state index >= 15 is 0 Å². The molecule has 2 aliphatic rings. The SMILES string of the molecule is Cn1cc(-n2ncc3cc(Cl)c([C@@H]4CCN(C5COC5)C4)cc32)cn1. The second-order valence-electron chi connectivity index (χ2n) is 7.03. The number of halogens is 1. The van der Waals surface area contributed by atoms with E-state index in [4.69, 9.17) is 16.3 Å². The molecule has 0 amide bonds. The maximum absolute atomic E-state index is 6.62. The van der Waals surface area contributed by atoms with Crippen LogP contribution >= 0.6 is 11.6 Å². The molecule has 6 nitrogen and oxygen atoms in total. The third kappa shape index (κ3) is 2.56. The fraction of sp³-hybridized carbons (Fsp3) is 0.444. The second-order valence-corrected chi connectivity index (χ2v) is 7.44. The average molecular weight is 358 g/mol. The summed E-state index contributed by atoms with van der Waals surface area (Å²) in [5.74, 6) is 0.467. The topological polar surface area (TPSA) is 48.1 Å². The van der Waals surface area contributed by atoms with Gasteiger partial charge in [-0.05, 0) is 36.6 Å². The quantitative estimate of drug-likeness (QED) is 0.723. The molecule has 3 aromatic rings. The molecule has 1 aromatic carbocycles. The molecule has 2 saturated heterocycles. The molecule has 2 fully saturated rings. The van der Waals surface area contributed by atoms with Gasteiger partial charge in [-0.2, -0.15) is 10.2 Å². The number of aryl methyl sites for hydroxylation is 1. The molecular formula is C18H20ClN5O.